The summed E-state index contributed by atoms with van der Waals surface area (Å²) in [5.41, 5.74) is 3.68. The Morgan fingerprint density at radius 1 is 1.27 bits per heavy atom. The first kappa shape index (κ1) is 17.9. The molecule has 2 aromatic rings. The van der Waals surface area contributed by atoms with Crippen molar-refractivity contribution < 1.29 is 9.59 Å². The maximum Gasteiger partial charge on any atom is 0.254 e. The third kappa shape index (κ3) is 3.14. The molecule has 0 N–H and O–H groups in total. The SMILES string of the molecule is C=CC(=O)N(C)c1ccc(C(=O)N(C)C2CCCc3c2cnn3C)cc1. The number of benzene rings is 1. The Kier molecular flexibility index (Phi) is 4.93. The number of aryl methyl sites for hydroxylation is 1. The summed E-state index contributed by atoms with van der Waals surface area (Å²) in [5, 5.41) is 4.35. The van der Waals surface area contributed by atoms with Gasteiger partial charge in [-0.2, -0.15) is 5.10 Å². The predicted octanol–water partition coefficient (Wildman–Crippen LogP) is 2.72. The molecule has 6 nitrogen and oxygen atoms in total. The number of rotatable bonds is 4. The van der Waals surface area contributed by atoms with E-state index in [1.165, 1.54) is 16.7 Å². The Morgan fingerprint density at radius 2 is 1.96 bits per heavy atom. The average Bonchev–Trinajstić information content (AvgIpc) is 3.07. The van der Waals surface area contributed by atoms with Gasteiger partial charge in [-0.05, 0) is 49.6 Å². The number of fused-ring (bicyclic) bond motifs is 1. The summed E-state index contributed by atoms with van der Waals surface area (Å²) in [5.74, 6) is -0.219. The third-order valence-corrected chi connectivity index (χ3v) is 5.14. The van der Waals surface area contributed by atoms with Gasteiger partial charge in [0, 0.05) is 43.7 Å². The van der Waals surface area contributed by atoms with E-state index in [4.69, 9.17) is 0 Å². The largest absolute Gasteiger partial charge is 0.335 e. The molecular formula is C20H24N4O2. The number of aromatic nitrogens is 2. The van der Waals surface area contributed by atoms with Crippen molar-refractivity contribution in [2.24, 2.45) is 7.05 Å². The van der Waals surface area contributed by atoms with Crippen LogP contribution >= 0.6 is 0 Å². The van der Waals surface area contributed by atoms with Gasteiger partial charge in [0.15, 0.2) is 0 Å². The molecule has 3 rings (SSSR count). The normalized spacial score (nSPS) is 15.9. The molecule has 1 atom stereocenters. The quantitative estimate of drug-likeness (QED) is 0.795. The molecule has 1 unspecified atom stereocenters. The Bertz CT molecular complexity index is 838. The number of nitrogens with zero attached hydrogens (tertiary/aromatic N) is 4. The maximum atomic E-state index is 12.9. The van der Waals surface area contributed by atoms with Gasteiger partial charge in [0.25, 0.3) is 5.91 Å². The molecule has 0 bridgehead atoms. The van der Waals surface area contributed by atoms with E-state index in [0.29, 0.717) is 5.56 Å². The molecule has 1 aliphatic rings. The molecule has 0 spiro atoms. The summed E-state index contributed by atoms with van der Waals surface area (Å²) in [6, 6.07) is 7.12. The minimum absolute atomic E-state index is 0.0315. The first-order valence-corrected chi connectivity index (χ1v) is 8.72. The van der Waals surface area contributed by atoms with Crippen LogP contribution in [0.4, 0.5) is 5.69 Å². The van der Waals surface area contributed by atoms with Crippen LogP contribution < -0.4 is 4.90 Å². The van der Waals surface area contributed by atoms with Gasteiger partial charge in [-0.3, -0.25) is 14.3 Å². The van der Waals surface area contributed by atoms with Gasteiger partial charge in [-0.15, -0.1) is 0 Å². The van der Waals surface area contributed by atoms with E-state index < -0.39 is 0 Å². The Morgan fingerprint density at radius 3 is 2.62 bits per heavy atom. The number of amides is 2. The van der Waals surface area contributed by atoms with E-state index in [1.54, 1.807) is 36.2 Å². The highest BCUT2D eigenvalue weighted by atomic mass is 16.2. The summed E-state index contributed by atoms with van der Waals surface area (Å²) in [4.78, 5) is 27.9. The molecule has 0 saturated heterocycles. The molecule has 6 heteroatoms. The van der Waals surface area contributed by atoms with Crippen LogP contribution in [0, 0.1) is 0 Å². The van der Waals surface area contributed by atoms with Crippen molar-refractivity contribution in [3.63, 3.8) is 0 Å². The van der Waals surface area contributed by atoms with Gasteiger partial charge in [0.05, 0.1) is 12.2 Å². The summed E-state index contributed by atoms with van der Waals surface area (Å²) in [6.45, 7) is 3.49. The zero-order valence-electron chi connectivity index (χ0n) is 15.5. The van der Waals surface area contributed by atoms with Gasteiger partial charge in [0.1, 0.15) is 0 Å². The third-order valence-electron chi connectivity index (χ3n) is 5.14. The molecule has 1 aromatic heterocycles. The predicted molar refractivity (Wildman–Crippen MR) is 101 cm³/mol. The zero-order valence-corrected chi connectivity index (χ0v) is 15.5. The van der Waals surface area contributed by atoms with Crippen LogP contribution in [-0.4, -0.2) is 40.6 Å². The van der Waals surface area contributed by atoms with E-state index in [1.807, 2.05) is 25.0 Å². The summed E-state index contributed by atoms with van der Waals surface area (Å²) < 4.78 is 1.90. The molecule has 0 aliphatic heterocycles. The minimum Gasteiger partial charge on any atom is -0.335 e. The number of carbonyl (C=O) groups is 2. The van der Waals surface area contributed by atoms with Crippen molar-refractivity contribution in [1.29, 1.82) is 0 Å². The van der Waals surface area contributed by atoms with E-state index in [0.717, 1.165) is 30.5 Å². The van der Waals surface area contributed by atoms with Crippen molar-refractivity contribution in [1.82, 2.24) is 14.7 Å². The first-order valence-electron chi connectivity index (χ1n) is 8.72. The van der Waals surface area contributed by atoms with Crippen molar-refractivity contribution in [3.05, 3.63) is 59.9 Å². The highest BCUT2D eigenvalue weighted by Crippen LogP contribution is 2.34. The summed E-state index contributed by atoms with van der Waals surface area (Å²) >= 11 is 0. The van der Waals surface area contributed by atoms with E-state index >= 15 is 0 Å². The van der Waals surface area contributed by atoms with Crippen molar-refractivity contribution in [3.8, 4) is 0 Å². The second kappa shape index (κ2) is 7.15. The van der Waals surface area contributed by atoms with Crippen LogP contribution in [0.25, 0.3) is 0 Å². The molecular weight excluding hydrogens is 328 g/mol. The number of anilines is 1. The van der Waals surface area contributed by atoms with Gasteiger partial charge >= 0.3 is 0 Å². The molecule has 136 valence electrons. The number of hydrogen-bond acceptors (Lipinski definition) is 3. The Balaban J connectivity index is 1.79. The lowest BCUT2D eigenvalue weighted by atomic mass is 9.91. The van der Waals surface area contributed by atoms with Gasteiger partial charge < -0.3 is 9.80 Å². The molecule has 0 fully saturated rings. The molecule has 1 aliphatic carbocycles. The molecule has 0 saturated carbocycles. The van der Waals surface area contributed by atoms with Crippen molar-refractivity contribution in [2.45, 2.75) is 25.3 Å². The maximum absolute atomic E-state index is 12.9. The molecule has 0 radical (unpaired) electrons. The van der Waals surface area contributed by atoms with Crippen molar-refractivity contribution in [2.75, 3.05) is 19.0 Å². The number of hydrogen-bond donors (Lipinski definition) is 0. The van der Waals surface area contributed by atoms with Gasteiger partial charge in [-0.25, -0.2) is 0 Å². The highest BCUT2D eigenvalue weighted by Gasteiger charge is 2.29. The van der Waals surface area contributed by atoms with Crippen LogP contribution in [-0.2, 0) is 18.3 Å². The fraction of sp³-hybridized carbons (Fsp3) is 0.350. The molecule has 2 amide bonds. The fourth-order valence-corrected chi connectivity index (χ4v) is 3.52. The average molecular weight is 352 g/mol. The van der Waals surface area contributed by atoms with E-state index in [2.05, 4.69) is 11.7 Å². The Labute approximate surface area is 153 Å². The van der Waals surface area contributed by atoms with E-state index in [9.17, 15) is 9.59 Å². The lowest BCUT2D eigenvalue weighted by molar-refractivity contribution is -0.113. The van der Waals surface area contributed by atoms with Crippen LogP contribution in [0.15, 0.2) is 43.1 Å². The van der Waals surface area contributed by atoms with Crippen molar-refractivity contribution >= 4 is 17.5 Å². The smallest absolute Gasteiger partial charge is 0.254 e. The molecule has 26 heavy (non-hydrogen) atoms. The van der Waals surface area contributed by atoms with Gasteiger partial charge in [0.2, 0.25) is 5.91 Å². The Hall–Kier alpha value is -2.89. The van der Waals surface area contributed by atoms with Gasteiger partial charge in [-0.1, -0.05) is 6.58 Å². The van der Waals surface area contributed by atoms with Crippen LogP contribution in [0.3, 0.4) is 0 Å². The summed E-state index contributed by atoms with van der Waals surface area (Å²) in [7, 11) is 5.47. The number of likely N-dealkylation sites (N-methyl/N-ethyl adjacent to an activating group) is 1. The monoisotopic (exact) mass is 352 g/mol. The van der Waals surface area contributed by atoms with Crippen LogP contribution in [0.1, 0.15) is 40.5 Å². The minimum atomic E-state index is -0.187. The highest BCUT2D eigenvalue weighted by molar-refractivity contribution is 6.01. The topological polar surface area (TPSA) is 58.4 Å². The summed E-state index contributed by atoms with van der Waals surface area (Å²) in [6.07, 6.45) is 6.13. The second-order valence-electron chi connectivity index (χ2n) is 6.64. The molecule has 1 heterocycles. The zero-order chi connectivity index (χ0) is 18.8. The van der Waals surface area contributed by atoms with Crippen LogP contribution in [0.2, 0.25) is 0 Å². The first-order chi connectivity index (χ1) is 12.4. The fourth-order valence-electron chi connectivity index (χ4n) is 3.52. The number of carbonyl (C=O) groups excluding carboxylic acids is 2. The lowest BCUT2D eigenvalue weighted by Crippen LogP contribution is -2.33. The molecule has 1 aromatic carbocycles. The van der Waals surface area contributed by atoms with Crippen LogP contribution in [0.5, 0.6) is 0 Å². The second-order valence-corrected chi connectivity index (χ2v) is 6.64. The van der Waals surface area contributed by atoms with E-state index in [-0.39, 0.29) is 17.9 Å². The standard InChI is InChI=1S/C20H24N4O2/c1-5-19(25)22(2)15-11-9-14(10-12-15)20(26)23(3)17-7-6-8-18-16(17)13-21-24(18)4/h5,9-13,17H,1,6-8H2,2-4H3. The lowest BCUT2D eigenvalue weighted by Gasteiger charge is -2.31.